The number of anilines is 1. The van der Waals surface area contributed by atoms with Crippen molar-refractivity contribution < 1.29 is 9.59 Å². The zero-order valence-electron chi connectivity index (χ0n) is 8.86. The van der Waals surface area contributed by atoms with Gasteiger partial charge in [-0.3, -0.25) is 14.9 Å². The van der Waals surface area contributed by atoms with Crippen molar-refractivity contribution in [2.24, 2.45) is 5.92 Å². The Balaban J connectivity index is 1.90. The van der Waals surface area contributed by atoms with E-state index in [9.17, 15) is 9.59 Å². The number of carbonyl (C=O) groups is 2. The second-order valence-electron chi connectivity index (χ2n) is 3.83. The van der Waals surface area contributed by atoms with Gasteiger partial charge >= 0.3 is 0 Å². The SMILES string of the molecule is CC(=O)C1CNC(C(=O)Nc2ncn[nH]2)C1. The van der Waals surface area contributed by atoms with E-state index in [4.69, 9.17) is 0 Å². The van der Waals surface area contributed by atoms with Gasteiger partial charge in [-0.15, -0.1) is 0 Å². The number of Topliss-reactive ketones (excluding diaryl/α,β-unsaturated/α-hetero) is 1. The second kappa shape index (κ2) is 4.40. The number of nitrogens with zero attached hydrogens (tertiary/aromatic N) is 2. The number of amides is 1. The standard InChI is InChI=1S/C9H13N5O2/c1-5(15)6-2-7(10-3-6)8(16)13-9-11-4-12-14-9/h4,6-7,10H,2-3H2,1H3,(H2,11,12,13,14,16). The highest BCUT2D eigenvalue weighted by Crippen LogP contribution is 2.15. The molecule has 2 rings (SSSR count). The van der Waals surface area contributed by atoms with Crippen molar-refractivity contribution in [2.75, 3.05) is 11.9 Å². The molecule has 1 aliphatic heterocycles. The van der Waals surface area contributed by atoms with Crippen molar-refractivity contribution in [1.29, 1.82) is 0 Å². The van der Waals surface area contributed by atoms with Crippen LogP contribution in [0.4, 0.5) is 5.95 Å². The molecule has 7 heteroatoms. The average Bonchev–Trinajstić information content (AvgIpc) is 2.86. The molecule has 86 valence electrons. The van der Waals surface area contributed by atoms with E-state index in [-0.39, 0.29) is 23.7 Å². The third-order valence-corrected chi connectivity index (χ3v) is 2.68. The Morgan fingerprint density at radius 3 is 2.94 bits per heavy atom. The molecule has 3 N–H and O–H groups in total. The summed E-state index contributed by atoms with van der Waals surface area (Å²) in [5.74, 6) is 0.173. The molecule has 2 unspecified atom stereocenters. The quantitative estimate of drug-likeness (QED) is 0.630. The Kier molecular flexibility index (Phi) is 2.95. The topological polar surface area (TPSA) is 99.8 Å². The van der Waals surface area contributed by atoms with E-state index in [0.717, 1.165) is 0 Å². The highest BCUT2D eigenvalue weighted by atomic mass is 16.2. The summed E-state index contributed by atoms with van der Waals surface area (Å²) in [4.78, 5) is 26.6. The van der Waals surface area contributed by atoms with Crippen molar-refractivity contribution >= 4 is 17.6 Å². The van der Waals surface area contributed by atoms with Crippen LogP contribution in [0.2, 0.25) is 0 Å². The minimum Gasteiger partial charge on any atom is -0.305 e. The van der Waals surface area contributed by atoms with E-state index in [2.05, 4.69) is 25.8 Å². The Labute approximate surface area is 92.0 Å². The lowest BCUT2D eigenvalue weighted by atomic mass is 10.0. The van der Waals surface area contributed by atoms with Gasteiger partial charge in [0, 0.05) is 12.5 Å². The zero-order chi connectivity index (χ0) is 11.5. The lowest BCUT2D eigenvalue weighted by molar-refractivity contribution is -0.120. The third-order valence-electron chi connectivity index (χ3n) is 2.68. The van der Waals surface area contributed by atoms with Crippen LogP contribution in [0.15, 0.2) is 6.33 Å². The fourth-order valence-corrected chi connectivity index (χ4v) is 1.71. The summed E-state index contributed by atoms with van der Waals surface area (Å²) in [6.07, 6.45) is 1.85. The fourth-order valence-electron chi connectivity index (χ4n) is 1.71. The average molecular weight is 223 g/mol. The third kappa shape index (κ3) is 2.25. The molecule has 0 radical (unpaired) electrons. The van der Waals surface area contributed by atoms with E-state index in [1.54, 1.807) is 6.92 Å². The summed E-state index contributed by atoms with van der Waals surface area (Å²) < 4.78 is 0. The first-order valence-corrected chi connectivity index (χ1v) is 5.07. The fraction of sp³-hybridized carbons (Fsp3) is 0.556. The molecule has 0 aliphatic carbocycles. The summed E-state index contributed by atoms with van der Waals surface area (Å²) in [6.45, 7) is 2.10. The van der Waals surface area contributed by atoms with Crippen LogP contribution >= 0.6 is 0 Å². The predicted octanol–water partition coefficient (Wildman–Crippen LogP) is -0.690. The number of nitrogens with one attached hydrogen (secondary N) is 3. The second-order valence-corrected chi connectivity index (χ2v) is 3.83. The molecule has 1 saturated heterocycles. The molecule has 1 aliphatic rings. The number of aromatic amines is 1. The van der Waals surface area contributed by atoms with Crippen LogP contribution in [-0.2, 0) is 9.59 Å². The first-order chi connectivity index (χ1) is 7.66. The highest BCUT2D eigenvalue weighted by molar-refractivity contribution is 5.94. The van der Waals surface area contributed by atoms with Gasteiger partial charge in [0.25, 0.3) is 0 Å². The smallest absolute Gasteiger partial charge is 0.243 e. The Morgan fingerprint density at radius 2 is 2.38 bits per heavy atom. The van der Waals surface area contributed by atoms with Gasteiger partial charge in [-0.25, -0.2) is 5.10 Å². The molecule has 1 aromatic rings. The van der Waals surface area contributed by atoms with Crippen LogP contribution in [0.5, 0.6) is 0 Å². The summed E-state index contributed by atoms with van der Waals surface area (Å²) in [7, 11) is 0. The molecule has 2 atom stereocenters. The minimum atomic E-state index is -0.334. The van der Waals surface area contributed by atoms with E-state index in [1.165, 1.54) is 6.33 Å². The number of ketones is 1. The first kappa shape index (κ1) is 10.7. The van der Waals surface area contributed by atoms with Crippen LogP contribution in [0, 0.1) is 5.92 Å². The van der Waals surface area contributed by atoms with Gasteiger partial charge in [0.15, 0.2) is 0 Å². The van der Waals surface area contributed by atoms with Gasteiger partial charge in [0.1, 0.15) is 12.1 Å². The largest absolute Gasteiger partial charge is 0.305 e. The van der Waals surface area contributed by atoms with Crippen LogP contribution in [0.3, 0.4) is 0 Å². The lowest BCUT2D eigenvalue weighted by Gasteiger charge is -2.08. The number of carbonyl (C=O) groups excluding carboxylic acids is 2. The summed E-state index contributed by atoms with van der Waals surface area (Å²) in [6, 6.07) is -0.334. The molecule has 16 heavy (non-hydrogen) atoms. The molecule has 0 saturated carbocycles. The Bertz CT molecular complexity index is 389. The maximum Gasteiger partial charge on any atom is 0.243 e. The zero-order valence-corrected chi connectivity index (χ0v) is 8.86. The monoisotopic (exact) mass is 223 g/mol. The summed E-state index contributed by atoms with van der Waals surface area (Å²) in [5, 5.41) is 11.7. The summed E-state index contributed by atoms with van der Waals surface area (Å²) >= 11 is 0. The molecule has 0 bridgehead atoms. The van der Waals surface area contributed by atoms with Gasteiger partial charge in [-0.2, -0.15) is 10.1 Å². The minimum absolute atomic E-state index is 0.0644. The van der Waals surface area contributed by atoms with E-state index >= 15 is 0 Å². The molecule has 1 aromatic heterocycles. The number of aromatic nitrogens is 3. The van der Waals surface area contributed by atoms with Crippen molar-refractivity contribution in [2.45, 2.75) is 19.4 Å². The summed E-state index contributed by atoms with van der Waals surface area (Å²) in [5.41, 5.74) is 0. The highest BCUT2D eigenvalue weighted by Gasteiger charge is 2.31. The number of H-pyrrole nitrogens is 1. The van der Waals surface area contributed by atoms with Gasteiger partial charge in [-0.1, -0.05) is 0 Å². The van der Waals surface area contributed by atoms with Gasteiger partial charge in [0.05, 0.1) is 6.04 Å². The first-order valence-electron chi connectivity index (χ1n) is 5.07. The van der Waals surface area contributed by atoms with Crippen LogP contribution in [0.25, 0.3) is 0 Å². The van der Waals surface area contributed by atoms with Crippen LogP contribution < -0.4 is 10.6 Å². The van der Waals surface area contributed by atoms with Crippen LogP contribution in [0.1, 0.15) is 13.3 Å². The maximum atomic E-state index is 11.7. The van der Waals surface area contributed by atoms with Gasteiger partial charge in [0.2, 0.25) is 11.9 Å². The van der Waals surface area contributed by atoms with E-state index in [1.807, 2.05) is 0 Å². The Morgan fingerprint density at radius 1 is 1.56 bits per heavy atom. The number of hydrogen-bond donors (Lipinski definition) is 3. The molecule has 0 spiro atoms. The number of hydrogen-bond acceptors (Lipinski definition) is 5. The van der Waals surface area contributed by atoms with Crippen LogP contribution in [-0.4, -0.2) is 39.5 Å². The van der Waals surface area contributed by atoms with Crippen molar-refractivity contribution in [1.82, 2.24) is 20.5 Å². The van der Waals surface area contributed by atoms with Crippen molar-refractivity contribution in [3.05, 3.63) is 6.33 Å². The molecule has 0 aromatic carbocycles. The molecular formula is C9H13N5O2. The van der Waals surface area contributed by atoms with Gasteiger partial charge in [-0.05, 0) is 13.3 Å². The molecule has 1 fully saturated rings. The predicted molar refractivity (Wildman–Crippen MR) is 55.6 cm³/mol. The molecule has 7 nitrogen and oxygen atoms in total. The molecule has 2 heterocycles. The lowest BCUT2D eigenvalue weighted by Crippen LogP contribution is -2.35. The molecule has 1 amide bonds. The van der Waals surface area contributed by atoms with E-state index in [0.29, 0.717) is 18.9 Å². The normalized spacial score (nSPS) is 24.3. The molecular weight excluding hydrogens is 210 g/mol. The number of rotatable bonds is 3. The van der Waals surface area contributed by atoms with E-state index < -0.39 is 0 Å². The van der Waals surface area contributed by atoms with Gasteiger partial charge < -0.3 is 5.32 Å². The van der Waals surface area contributed by atoms with Crippen molar-refractivity contribution in [3.8, 4) is 0 Å². The Hall–Kier alpha value is -1.76. The van der Waals surface area contributed by atoms with Crippen molar-refractivity contribution in [3.63, 3.8) is 0 Å². The maximum absolute atomic E-state index is 11.7.